The fourth-order valence-corrected chi connectivity index (χ4v) is 5.04. The van der Waals surface area contributed by atoms with Crippen molar-refractivity contribution in [1.82, 2.24) is 0 Å². The molecule has 3 rings (SSSR count). The van der Waals surface area contributed by atoms with E-state index < -0.39 is 0 Å². The van der Waals surface area contributed by atoms with Crippen LogP contribution in [0.1, 0.15) is 39.0 Å². The fraction of sp³-hybridized carbons (Fsp3) is 1.00. The van der Waals surface area contributed by atoms with E-state index in [0.29, 0.717) is 19.1 Å². The Bertz CT molecular complexity index is 278. The predicted octanol–water partition coefficient (Wildman–Crippen LogP) is 2.05. The molecular weight excluding hydrogens is 200 g/mol. The van der Waals surface area contributed by atoms with Gasteiger partial charge in [0.15, 0.2) is 0 Å². The van der Waals surface area contributed by atoms with E-state index >= 15 is 0 Å². The molecule has 6 atom stereocenters. The molecule has 0 amide bonds. The summed E-state index contributed by atoms with van der Waals surface area (Å²) >= 11 is 0. The largest absolute Gasteiger partial charge is 0.396 e. The summed E-state index contributed by atoms with van der Waals surface area (Å²) in [7, 11) is 0. The molecule has 2 heteroatoms. The molecule has 6 unspecified atom stereocenters. The first-order chi connectivity index (χ1) is 7.67. The van der Waals surface area contributed by atoms with Gasteiger partial charge in [0.1, 0.15) is 0 Å². The zero-order valence-corrected chi connectivity index (χ0v) is 10.2. The Morgan fingerprint density at radius 1 is 1.12 bits per heavy atom. The van der Waals surface area contributed by atoms with Gasteiger partial charge in [-0.1, -0.05) is 6.92 Å². The molecule has 0 heterocycles. The van der Waals surface area contributed by atoms with Crippen molar-refractivity contribution in [2.75, 3.05) is 13.2 Å². The Morgan fingerprint density at radius 3 is 2.62 bits per heavy atom. The standard InChI is InChI=1S/C14H24O2/c1-14(8-16)3-2-11-9-4-10(7-15)12(5-9)13(11)6-14/h9-13,15-16H,2-8H2,1H3. The van der Waals surface area contributed by atoms with Crippen LogP contribution in [0.15, 0.2) is 0 Å². The van der Waals surface area contributed by atoms with Gasteiger partial charge < -0.3 is 10.2 Å². The van der Waals surface area contributed by atoms with Crippen molar-refractivity contribution < 1.29 is 10.2 Å². The van der Waals surface area contributed by atoms with Crippen LogP contribution >= 0.6 is 0 Å². The first-order valence-corrected chi connectivity index (χ1v) is 6.88. The van der Waals surface area contributed by atoms with Crippen LogP contribution in [-0.2, 0) is 0 Å². The normalized spacial score (nSPS) is 55.3. The molecule has 3 aliphatic rings. The van der Waals surface area contributed by atoms with E-state index in [-0.39, 0.29) is 5.41 Å². The van der Waals surface area contributed by atoms with E-state index in [1.54, 1.807) is 0 Å². The summed E-state index contributed by atoms with van der Waals surface area (Å²) in [5.74, 6) is 3.98. The highest BCUT2D eigenvalue weighted by atomic mass is 16.3. The van der Waals surface area contributed by atoms with Crippen LogP contribution in [0.4, 0.5) is 0 Å². The van der Waals surface area contributed by atoms with Crippen molar-refractivity contribution in [3.8, 4) is 0 Å². The molecular formula is C14H24O2. The molecule has 2 bridgehead atoms. The summed E-state index contributed by atoms with van der Waals surface area (Å²) in [5.41, 5.74) is 0.172. The van der Waals surface area contributed by atoms with Crippen LogP contribution in [0.5, 0.6) is 0 Å². The van der Waals surface area contributed by atoms with Crippen molar-refractivity contribution >= 4 is 0 Å². The zero-order chi connectivity index (χ0) is 11.3. The van der Waals surface area contributed by atoms with Gasteiger partial charge in [0.25, 0.3) is 0 Å². The number of hydrogen-bond acceptors (Lipinski definition) is 2. The molecule has 0 spiro atoms. The summed E-state index contributed by atoms with van der Waals surface area (Å²) in [4.78, 5) is 0. The van der Waals surface area contributed by atoms with E-state index in [4.69, 9.17) is 0 Å². The second-order valence-electron chi connectivity index (χ2n) is 6.88. The molecule has 0 aromatic heterocycles. The van der Waals surface area contributed by atoms with Crippen LogP contribution in [0.25, 0.3) is 0 Å². The van der Waals surface area contributed by atoms with E-state index in [0.717, 1.165) is 23.7 Å². The van der Waals surface area contributed by atoms with Gasteiger partial charge in [-0.2, -0.15) is 0 Å². The maximum absolute atomic E-state index is 9.51. The number of hydrogen-bond donors (Lipinski definition) is 2. The molecule has 3 fully saturated rings. The molecule has 0 aromatic carbocycles. The Labute approximate surface area is 98.1 Å². The predicted molar refractivity (Wildman–Crippen MR) is 62.8 cm³/mol. The maximum atomic E-state index is 9.51. The average Bonchev–Trinajstić information content (AvgIpc) is 2.86. The summed E-state index contributed by atoms with van der Waals surface area (Å²) in [6, 6.07) is 0. The fourth-order valence-electron chi connectivity index (χ4n) is 5.04. The number of fused-ring (bicyclic) bond motifs is 5. The van der Waals surface area contributed by atoms with Crippen molar-refractivity contribution in [2.24, 2.45) is 35.0 Å². The lowest BCUT2D eigenvalue weighted by Crippen LogP contribution is -2.39. The van der Waals surface area contributed by atoms with E-state index in [1.165, 1.54) is 32.1 Å². The molecule has 0 radical (unpaired) electrons. The van der Waals surface area contributed by atoms with Crippen molar-refractivity contribution in [1.29, 1.82) is 0 Å². The van der Waals surface area contributed by atoms with Gasteiger partial charge in [-0.25, -0.2) is 0 Å². The Hall–Kier alpha value is -0.0800. The van der Waals surface area contributed by atoms with E-state index in [2.05, 4.69) is 6.92 Å². The molecule has 16 heavy (non-hydrogen) atoms. The molecule has 2 nitrogen and oxygen atoms in total. The van der Waals surface area contributed by atoms with Gasteiger partial charge in [0, 0.05) is 13.2 Å². The van der Waals surface area contributed by atoms with Crippen LogP contribution < -0.4 is 0 Å². The SMILES string of the molecule is CC1(CO)CCC2C3CC(CO)C(C3)C2C1. The first-order valence-electron chi connectivity index (χ1n) is 6.88. The second kappa shape index (κ2) is 3.71. The molecule has 0 saturated heterocycles. The summed E-state index contributed by atoms with van der Waals surface area (Å²) in [6.45, 7) is 2.97. The minimum Gasteiger partial charge on any atom is -0.396 e. The molecule has 0 aliphatic heterocycles. The van der Waals surface area contributed by atoms with Gasteiger partial charge in [-0.05, 0) is 67.1 Å². The van der Waals surface area contributed by atoms with Crippen LogP contribution in [0.2, 0.25) is 0 Å². The summed E-state index contributed by atoms with van der Waals surface area (Å²) < 4.78 is 0. The van der Waals surface area contributed by atoms with Gasteiger partial charge in [-0.15, -0.1) is 0 Å². The first kappa shape index (κ1) is 11.0. The van der Waals surface area contributed by atoms with Crippen LogP contribution in [0.3, 0.4) is 0 Å². The highest BCUT2D eigenvalue weighted by Crippen LogP contribution is 2.62. The molecule has 3 aliphatic carbocycles. The van der Waals surface area contributed by atoms with Gasteiger partial charge in [-0.3, -0.25) is 0 Å². The minimum atomic E-state index is 0.172. The van der Waals surface area contributed by atoms with Crippen molar-refractivity contribution in [2.45, 2.75) is 39.0 Å². The molecule has 0 aromatic rings. The number of aliphatic hydroxyl groups excluding tert-OH is 2. The van der Waals surface area contributed by atoms with E-state index in [1.807, 2.05) is 0 Å². The lowest BCUT2D eigenvalue weighted by molar-refractivity contribution is -0.00171. The van der Waals surface area contributed by atoms with Crippen LogP contribution in [-0.4, -0.2) is 23.4 Å². The maximum Gasteiger partial charge on any atom is 0.0484 e. The monoisotopic (exact) mass is 224 g/mol. The topological polar surface area (TPSA) is 40.5 Å². The number of aliphatic hydroxyl groups is 2. The van der Waals surface area contributed by atoms with Crippen molar-refractivity contribution in [3.63, 3.8) is 0 Å². The quantitative estimate of drug-likeness (QED) is 0.753. The third-order valence-electron chi connectivity index (χ3n) is 5.92. The van der Waals surface area contributed by atoms with E-state index in [9.17, 15) is 10.2 Å². The highest BCUT2D eigenvalue weighted by Gasteiger charge is 2.55. The lowest BCUT2D eigenvalue weighted by Gasteiger charge is -2.45. The summed E-state index contributed by atoms with van der Waals surface area (Å²) in [6.07, 6.45) is 6.37. The molecule has 2 N–H and O–H groups in total. The Kier molecular flexibility index (Phi) is 2.56. The van der Waals surface area contributed by atoms with Gasteiger partial charge >= 0.3 is 0 Å². The third-order valence-corrected chi connectivity index (χ3v) is 5.92. The Balaban J connectivity index is 1.77. The van der Waals surface area contributed by atoms with Gasteiger partial charge in [0.05, 0.1) is 0 Å². The lowest BCUT2D eigenvalue weighted by atomic mass is 9.60. The van der Waals surface area contributed by atoms with Gasteiger partial charge in [0.2, 0.25) is 0 Å². The molecule has 3 saturated carbocycles. The molecule has 92 valence electrons. The highest BCUT2D eigenvalue weighted by molar-refractivity contribution is 5.04. The van der Waals surface area contributed by atoms with Crippen LogP contribution in [0, 0.1) is 35.0 Å². The smallest absolute Gasteiger partial charge is 0.0484 e. The average molecular weight is 224 g/mol. The third kappa shape index (κ3) is 1.46. The number of rotatable bonds is 2. The zero-order valence-electron chi connectivity index (χ0n) is 10.2. The second-order valence-corrected chi connectivity index (χ2v) is 6.88. The minimum absolute atomic E-state index is 0.172. The van der Waals surface area contributed by atoms with Crippen molar-refractivity contribution in [3.05, 3.63) is 0 Å². The summed E-state index contributed by atoms with van der Waals surface area (Å²) in [5, 5.41) is 18.9. The Morgan fingerprint density at radius 2 is 1.94 bits per heavy atom.